The van der Waals surface area contributed by atoms with Crippen LogP contribution in [-0.4, -0.2) is 61.0 Å². The molecule has 0 saturated carbocycles. The predicted molar refractivity (Wildman–Crippen MR) is 195 cm³/mol. The van der Waals surface area contributed by atoms with Crippen LogP contribution >= 0.6 is 0 Å². The molecule has 0 aliphatic carbocycles. The molecule has 1 saturated heterocycles. The van der Waals surface area contributed by atoms with E-state index in [1.807, 2.05) is 114 Å². The van der Waals surface area contributed by atoms with Gasteiger partial charge in [-0.15, -0.1) is 0 Å². The molecule has 3 aromatic rings. The van der Waals surface area contributed by atoms with Crippen LogP contribution in [0, 0.1) is 12.8 Å². The van der Waals surface area contributed by atoms with Gasteiger partial charge in [-0.3, -0.25) is 9.79 Å². The first-order valence-corrected chi connectivity index (χ1v) is 16.7. The normalized spacial score (nSPS) is 14.1. The summed E-state index contributed by atoms with van der Waals surface area (Å²) in [6.45, 7) is 14.2. The minimum atomic E-state index is -1.01. The number of carboxylic acids is 1. The van der Waals surface area contributed by atoms with E-state index in [1.54, 1.807) is 13.1 Å². The second-order valence-corrected chi connectivity index (χ2v) is 10.3. The Balaban J connectivity index is 0.00000193. The van der Waals surface area contributed by atoms with Gasteiger partial charge in [-0.05, 0) is 81.2 Å². The highest BCUT2D eigenvalue weighted by Gasteiger charge is 2.21. The van der Waals surface area contributed by atoms with Crippen molar-refractivity contribution in [3.05, 3.63) is 108 Å². The van der Waals surface area contributed by atoms with E-state index in [-0.39, 0.29) is 11.7 Å². The summed E-state index contributed by atoms with van der Waals surface area (Å²) in [5.74, 6) is 2.11. The number of ether oxygens (including phenoxy) is 2. The van der Waals surface area contributed by atoms with Gasteiger partial charge in [-0.25, -0.2) is 4.79 Å². The van der Waals surface area contributed by atoms with Gasteiger partial charge in [-0.1, -0.05) is 64.1 Å². The van der Waals surface area contributed by atoms with E-state index >= 15 is 0 Å². The second kappa shape index (κ2) is 21.7. The molecule has 0 spiro atoms. The van der Waals surface area contributed by atoms with Gasteiger partial charge in [-0.2, -0.15) is 0 Å². The molecule has 2 N–H and O–H groups in total. The van der Waals surface area contributed by atoms with Crippen molar-refractivity contribution in [2.75, 3.05) is 33.3 Å². The summed E-state index contributed by atoms with van der Waals surface area (Å²) in [7, 11) is 1.76. The van der Waals surface area contributed by atoms with Crippen LogP contribution in [0.3, 0.4) is 0 Å². The van der Waals surface area contributed by atoms with Crippen molar-refractivity contribution in [3.8, 4) is 11.5 Å². The number of benzene rings is 2. The van der Waals surface area contributed by atoms with Gasteiger partial charge in [0.15, 0.2) is 5.76 Å². The predicted octanol–water partition coefficient (Wildman–Crippen LogP) is 8.73. The van der Waals surface area contributed by atoms with Crippen LogP contribution in [-0.2, 0) is 9.53 Å². The number of amidine groups is 1. The van der Waals surface area contributed by atoms with Crippen LogP contribution in [0.15, 0.2) is 106 Å². The molecule has 0 radical (unpaired) electrons. The van der Waals surface area contributed by atoms with Crippen LogP contribution in [0.1, 0.15) is 63.6 Å². The molecular formula is C39H51N3O6. The zero-order valence-corrected chi connectivity index (χ0v) is 29.4. The quantitative estimate of drug-likeness (QED) is 0.0658. The monoisotopic (exact) mass is 657 g/mol. The number of furan rings is 1. The van der Waals surface area contributed by atoms with Crippen molar-refractivity contribution in [1.29, 1.82) is 0 Å². The third-order valence-corrected chi connectivity index (χ3v) is 7.24. The summed E-state index contributed by atoms with van der Waals surface area (Å²) in [5.41, 5.74) is 1.38. The number of para-hydroxylation sites is 1. The van der Waals surface area contributed by atoms with Crippen molar-refractivity contribution in [3.63, 3.8) is 0 Å². The number of rotatable bonds is 12. The highest BCUT2D eigenvalue weighted by Crippen LogP contribution is 2.31. The van der Waals surface area contributed by atoms with E-state index in [0.29, 0.717) is 36.2 Å². The van der Waals surface area contributed by atoms with Crippen LogP contribution in [0.25, 0.3) is 11.0 Å². The summed E-state index contributed by atoms with van der Waals surface area (Å²) in [6.07, 6.45) is 13.6. The van der Waals surface area contributed by atoms with Crippen LogP contribution in [0.4, 0.5) is 0 Å². The largest absolute Gasteiger partial charge is 0.493 e. The minimum absolute atomic E-state index is 0.279. The lowest BCUT2D eigenvalue weighted by Gasteiger charge is -2.33. The number of carbonyl (C=O) groups is 2. The van der Waals surface area contributed by atoms with E-state index in [0.717, 1.165) is 54.5 Å². The number of nitrogens with one attached hydrogen (secondary N) is 1. The molecule has 0 atom stereocenters. The van der Waals surface area contributed by atoms with E-state index in [1.165, 1.54) is 6.08 Å². The van der Waals surface area contributed by atoms with Gasteiger partial charge in [0.05, 0.1) is 6.61 Å². The average molecular weight is 658 g/mol. The molecule has 9 nitrogen and oxygen atoms in total. The number of fused-ring (bicyclic) bond motifs is 1. The Morgan fingerprint density at radius 2 is 1.73 bits per heavy atom. The molecule has 1 aromatic heterocycles. The Kier molecular flexibility index (Phi) is 17.7. The van der Waals surface area contributed by atoms with Gasteiger partial charge in [0.1, 0.15) is 28.7 Å². The standard InChI is InChI=1S/C35H39N3O6.2C2H6/c1-4-5-10-27(15-17-33(39)40)42-24-26-18-21-38(22-19-26)32(36-3)13-9-20-37-35(41)34-25(2)30-23-29(14-16-31(30)44-34)43-28-11-7-6-8-12-28;2*1-2/h4-17,23,26H,18-22,24H2,1-3H3,(H,37,41)(H,39,40);2*1-2H3/b5-4-,13-9-,17-15+,27-10+,36-32?;;. The number of hydrogen-bond acceptors (Lipinski definition) is 6. The van der Waals surface area contributed by atoms with Crippen LogP contribution in [0.5, 0.6) is 11.5 Å². The summed E-state index contributed by atoms with van der Waals surface area (Å²) in [6, 6.07) is 15.0. The number of carboxylic acid groups (broad SMARTS) is 1. The second-order valence-electron chi connectivity index (χ2n) is 10.3. The number of piperidine rings is 1. The Hall–Kier alpha value is -5.05. The zero-order valence-electron chi connectivity index (χ0n) is 29.4. The Morgan fingerprint density at radius 3 is 2.38 bits per heavy atom. The smallest absolute Gasteiger partial charge is 0.328 e. The summed E-state index contributed by atoms with van der Waals surface area (Å²) >= 11 is 0. The van der Waals surface area contributed by atoms with Crippen molar-refractivity contribution in [2.45, 2.75) is 54.4 Å². The Labute approximate surface area is 285 Å². The maximum Gasteiger partial charge on any atom is 0.328 e. The fraction of sp³-hybridized carbons (Fsp3) is 0.359. The molecule has 2 heterocycles. The number of aliphatic imine (C=N–C) groups is 1. The average Bonchev–Trinajstić information content (AvgIpc) is 3.45. The highest BCUT2D eigenvalue weighted by atomic mass is 16.5. The van der Waals surface area contributed by atoms with E-state index < -0.39 is 5.97 Å². The lowest BCUT2D eigenvalue weighted by atomic mass is 9.97. The molecule has 48 heavy (non-hydrogen) atoms. The lowest BCUT2D eigenvalue weighted by Crippen LogP contribution is -2.38. The van der Waals surface area contributed by atoms with Crippen LogP contribution < -0.4 is 10.1 Å². The third kappa shape index (κ3) is 12.3. The van der Waals surface area contributed by atoms with E-state index in [9.17, 15) is 9.59 Å². The summed E-state index contributed by atoms with van der Waals surface area (Å²) < 4.78 is 17.7. The van der Waals surface area contributed by atoms with Crippen molar-refractivity contribution in [2.24, 2.45) is 10.9 Å². The van der Waals surface area contributed by atoms with Crippen molar-refractivity contribution in [1.82, 2.24) is 10.2 Å². The van der Waals surface area contributed by atoms with Gasteiger partial charge >= 0.3 is 5.97 Å². The number of likely N-dealkylation sites (tertiary alicyclic amines) is 1. The van der Waals surface area contributed by atoms with Crippen molar-refractivity contribution < 1.29 is 28.6 Å². The van der Waals surface area contributed by atoms with Gasteiger partial charge in [0, 0.05) is 43.7 Å². The number of allylic oxidation sites excluding steroid dienone is 4. The van der Waals surface area contributed by atoms with E-state index in [4.69, 9.17) is 19.0 Å². The number of carbonyl (C=O) groups excluding carboxylic acids is 1. The first-order chi connectivity index (χ1) is 23.4. The first kappa shape index (κ1) is 39.1. The topological polar surface area (TPSA) is 114 Å². The summed E-state index contributed by atoms with van der Waals surface area (Å²) in [4.78, 5) is 30.5. The molecule has 0 unspecified atom stereocenters. The first-order valence-electron chi connectivity index (χ1n) is 16.7. The molecule has 258 valence electrons. The molecule has 1 amide bonds. The fourth-order valence-electron chi connectivity index (χ4n) is 4.86. The number of aliphatic carboxylic acids is 1. The molecule has 1 fully saturated rings. The van der Waals surface area contributed by atoms with E-state index in [2.05, 4.69) is 15.2 Å². The lowest BCUT2D eigenvalue weighted by molar-refractivity contribution is -0.131. The fourth-order valence-corrected chi connectivity index (χ4v) is 4.86. The number of aryl methyl sites for hydroxylation is 1. The number of nitrogens with zero attached hydrogens (tertiary/aromatic N) is 2. The minimum Gasteiger partial charge on any atom is -0.493 e. The van der Waals surface area contributed by atoms with Gasteiger partial charge in [0.2, 0.25) is 0 Å². The molecule has 2 aromatic carbocycles. The molecule has 4 rings (SSSR count). The highest BCUT2D eigenvalue weighted by molar-refractivity contribution is 5.99. The molecular weight excluding hydrogens is 606 g/mol. The van der Waals surface area contributed by atoms with Gasteiger partial charge < -0.3 is 29.2 Å². The number of amides is 1. The maximum absolute atomic E-state index is 12.9. The summed E-state index contributed by atoms with van der Waals surface area (Å²) in [5, 5.41) is 12.7. The van der Waals surface area contributed by atoms with Crippen molar-refractivity contribution >= 4 is 28.7 Å². The third-order valence-electron chi connectivity index (χ3n) is 7.24. The van der Waals surface area contributed by atoms with Crippen LogP contribution in [0.2, 0.25) is 0 Å². The molecule has 1 aliphatic rings. The maximum atomic E-state index is 12.9. The molecule has 0 bridgehead atoms. The van der Waals surface area contributed by atoms with Gasteiger partial charge in [0.25, 0.3) is 5.91 Å². The SMILES string of the molecule is CC.CC.C\C=C/C=C(\C=C\C(=O)O)OCC1CCN(C(/C=C\CNC(=O)c2oc3ccc(Oc4ccccc4)cc3c2C)=NC)CC1. The molecule has 9 heteroatoms. The Bertz CT molecular complexity index is 1580. The zero-order chi connectivity index (χ0) is 35.3. The molecule has 1 aliphatic heterocycles. The number of hydrogen-bond donors (Lipinski definition) is 2. The Morgan fingerprint density at radius 1 is 1.02 bits per heavy atom.